The van der Waals surface area contributed by atoms with E-state index in [9.17, 15) is 22.8 Å². The van der Waals surface area contributed by atoms with E-state index >= 15 is 0 Å². The van der Waals surface area contributed by atoms with Crippen LogP contribution in [-0.2, 0) is 9.59 Å². The zero-order chi connectivity index (χ0) is 21.9. The first-order valence-corrected chi connectivity index (χ1v) is 10.9. The number of benzene rings is 1. The van der Waals surface area contributed by atoms with Gasteiger partial charge in [-0.2, -0.15) is 13.2 Å². The molecule has 0 radical (unpaired) electrons. The van der Waals surface area contributed by atoms with Gasteiger partial charge in [-0.15, -0.1) is 11.3 Å². The number of thiophene rings is 1. The second-order valence-corrected chi connectivity index (χ2v) is 9.10. The Bertz CT molecular complexity index is 910. The van der Waals surface area contributed by atoms with E-state index in [-0.39, 0.29) is 16.8 Å². The van der Waals surface area contributed by atoms with Gasteiger partial charge in [0.25, 0.3) is 0 Å². The number of hydrogen-bond donors (Lipinski definition) is 1. The largest absolute Gasteiger partial charge is 0.471 e. The summed E-state index contributed by atoms with van der Waals surface area (Å²) in [5.41, 5.74) is -0.0836. The fraction of sp³-hybridized carbons (Fsp3) is 0.429. The highest BCUT2D eigenvalue weighted by molar-refractivity contribution is 7.12. The molecule has 0 bridgehead atoms. The third-order valence-electron chi connectivity index (χ3n) is 5.04. The molecule has 30 heavy (non-hydrogen) atoms. The topological polar surface area (TPSA) is 49.4 Å². The highest BCUT2D eigenvalue weighted by Crippen LogP contribution is 2.36. The van der Waals surface area contributed by atoms with Crippen LogP contribution in [0.2, 0.25) is 5.02 Å². The summed E-state index contributed by atoms with van der Waals surface area (Å²) < 4.78 is 40.6. The van der Waals surface area contributed by atoms with Crippen LogP contribution in [-0.4, -0.2) is 24.0 Å². The van der Waals surface area contributed by atoms with Gasteiger partial charge < -0.3 is 5.32 Å². The van der Waals surface area contributed by atoms with Crippen LogP contribution in [0, 0.1) is 6.92 Å². The molecule has 162 valence electrons. The number of carbonyl (C=O) groups is 2. The normalized spacial score (nSPS) is 16.2. The number of aryl methyl sites for hydroxylation is 1. The van der Waals surface area contributed by atoms with E-state index in [0.29, 0.717) is 9.78 Å². The van der Waals surface area contributed by atoms with E-state index in [0.717, 1.165) is 37.0 Å². The van der Waals surface area contributed by atoms with Crippen molar-refractivity contribution in [2.24, 2.45) is 0 Å². The Morgan fingerprint density at radius 3 is 2.43 bits per heavy atom. The predicted octanol–water partition coefficient (Wildman–Crippen LogP) is 5.80. The van der Waals surface area contributed by atoms with Gasteiger partial charge in [-0.05, 0) is 50.1 Å². The summed E-state index contributed by atoms with van der Waals surface area (Å²) in [6.45, 7) is 1.79. The zero-order valence-electron chi connectivity index (χ0n) is 16.3. The molecule has 9 heteroatoms. The first-order valence-electron chi connectivity index (χ1n) is 9.69. The van der Waals surface area contributed by atoms with Crippen molar-refractivity contribution in [2.45, 2.75) is 57.3 Å². The molecule has 1 atom stereocenters. The molecule has 4 nitrogen and oxygen atoms in total. The Kier molecular flexibility index (Phi) is 7.08. The maximum atomic E-state index is 13.5. The van der Waals surface area contributed by atoms with Gasteiger partial charge in [0.05, 0.1) is 0 Å². The van der Waals surface area contributed by atoms with Crippen molar-refractivity contribution in [1.29, 1.82) is 0 Å². The van der Waals surface area contributed by atoms with Gasteiger partial charge in [-0.3, -0.25) is 14.5 Å². The third kappa shape index (κ3) is 5.35. The maximum absolute atomic E-state index is 13.5. The number of nitrogens with zero attached hydrogens (tertiary/aromatic N) is 1. The first kappa shape index (κ1) is 22.6. The number of hydrogen-bond acceptors (Lipinski definition) is 3. The van der Waals surface area contributed by atoms with E-state index in [2.05, 4.69) is 5.32 Å². The van der Waals surface area contributed by atoms with Crippen LogP contribution < -0.4 is 10.2 Å². The molecule has 2 amide bonds. The van der Waals surface area contributed by atoms with Crippen molar-refractivity contribution < 1.29 is 22.8 Å². The third-order valence-corrected chi connectivity index (χ3v) is 6.32. The molecule has 1 aromatic heterocycles. The number of halogens is 4. The minimum absolute atomic E-state index is 0.0836. The van der Waals surface area contributed by atoms with Crippen LogP contribution in [0.25, 0.3) is 0 Å². The van der Waals surface area contributed by atoms with Gasteiger partial charge in [0, 0.05) is 26.5 Å². The number of nitrogens with one attached hydrogen (secondary N) is 1. The van der Waals surface area contributed by atoms with E-state index in [1.807, 2.05) is 0 Å². The van der Waals surface area contributed by atoms with Crippen LogP contribution in [0.5, 0.6) is 0 Å². The van der Waals surface area contributed by atoms with Gasteiger partial charge in [0.1, 0.15) is 0 Å². The maximum Gasteiger partial charge on any atom is 0.471 e. The first-order chi connectivity index (χ1) is 14.2. The summed E-state index contributed by atoms with van der Waals surface area (Å²) in [5, 5.41) is 3.04. The van der Waals surface area contributed by atoms with E-state index in [1.54, 1.807) is 19.1 Å². The number of alkyl halides is 3. The number of rotatable bonds is 5. The molecule has 1 heterocycles. The second kappa shape index (κ2) is 9.39. The molecule has 2 aromatic rings. The zero-order valence-corrected chi connectivity index (χ0v) is 17.9. The molecule has 0 saturated heterocycles. The van der Waals surface area contributed by atoms with Gasteiger partial charge in [-0.25, -0.2) is 0 Å². The van der Waals surface area contributed by atoms with Crippen molar-refractivity contribution in [3.8, 4) is 0 Å². The van der Waals surface area contributed by atoms with Gasteiger partial charge in [0.15, 0.2) is 6.04 Å². The summed E-state index contributed by atoms with van der Waals surface area (Å²) in [5.74, 6) is -2.74. The molecule has 1 N–H and O–H groups in total. The molecule has 0 spiro atoms. The van der Waals surface area contributed by atoms with Crippen molar-refractivity contribution in [3.63, 3.8) is 0 Å². The summed E-state index contributed by atoms with van der Waals surface area (Å²) >= 11 is 7.17. The highest BCUT2D eigenvalue weighted by Gasteiger charge is 2.48. The molecule has 1 aromatic carbocycles. The average molecular weight is 459 g/mol. The average Bonchev–Trinajstić information content (AvgIpc) is 3.11. The van der Waals surface area contributed by atoms with Gasteiger partial charge in [-0.1, -0.05) is 36.9 Å². The molecule has 1 fully saturated rings. The molecule has 0 unspecified atom stereocenters. The number of amides is 2. The fourth-order valence-corrected chi connectivity index (χ4v) is 4.80. The number of anilines is 1. The Morgan fingerprint density at radius 1 is 1.17 bits per heavy atom. The Morgan fingerprint density at radius 2 is 1.87 bits per heavy atom. The van der Waals surface area contributed by atoms with Crippen molar-refractivity contribution in [1.82, 2.24) is 5.32 Å². The Hall–Kier alpha value is -2.06. The molecular formula is C21H22ClF3N2O2S. The minimum atomic E-state index is -5.15. The van der Waals surface area contributed by atoms with Crippen LogP contribution in [0.3, 0.4) is 0 Å². The Labute approximate surface area is 182 Å². The predicted molar refractivity (Wildman–Crippen MR) is 112 cm³/mol. The lowest BCUT2D eigenvalue weighted by molar-refractivity contribution is -0.171. The quantitative estimate of drug-likeness (QED) is 0.616. The molecule has 0 aliphatic heterocycles. The Balaban J connectivity index is 2.06. The number of carbonyl (C=O) groups excluding carboxylic acids is 2. The second-order valence-electron chi connectivity index (χ2n) is 7.35. The van der Waals surface area contributed by atoms with Gasteiger partial charge in [0.2, 0.25) is 5.91 Å². The van der Waals surface area contributed by atoms with Gasteiger partial charge >= 0.3 is 12.1 Å². The van der Waals surface area contributed by atoms with Crippen molar-refractivity contribution in [2.75, 3.05) is 4.90 Å². The van der Waals surface area contributed by atoms with E-state index in [1.165, 1.54) is 35.6 Å². The summed E-state index contributed by atoms with van der Waals surface area (Å²) in [7, 11) is 0. The standard InChI is InChI=1S/C21H22ClF3N2O2S/c1-13-10-11-17(30-13)18(19(28)26-15-7-3-2-4-8-15)27(20(29)21(23,24)25)16-9-5-6-14(22)12-16/h5-6,9-12,15,18H,2-4,7-8H2,1H3,(H,26,28)/t18-/m0/s1. The lowest BCUT2D eigenvalue weighted by Crippen LogP contribution is -2.50. The highest BCUT2D eigenvalue weighted by atomic mass is 35.5. The lowest BCUT2D eigenvalue weighted by atomic mass is 9.95. The van der Waals surface area contributed by atoms with Crippen molar-refractivity contribution >= 4 is 40.4 Å². The molecule has 1 aliphatic carbocycles. The summed E-state index contributed by atoms with van der Waals surface area (Å²) in [6.07, 6.45) is -0.641. The molecular weight excluding hydrogens is 437 g/mol. The van der Waals surface area contributed by atoms with Crippen LogP contribution in [0.1, 0.15) is 47.9 Å². The van der Waals surface area contributed by atoms with Crippen molar-refractivity contribution in [3.05, 3.63) is 51.2 Å². The monoisotopic (exact) mass is 458 g/mol. The van der Waals surface area contributed by atoms with Crippen LogP contribution >= 0.6 is 22.9 Å². The van der Waals surface area contributed by atoms with Crippen LogP contribution in [0.15, 0.2) is 36.4 Å². The lowest BCUT2D eigenvalue weighted by Gasteiger charge is -2.33. The molecule has 1 saturated carbocycles. The summed E-state index contributed by atoms with van der Waals surface area (Å²) in [4.78, 5) is 27.4. The summed E-state index contributed by atoms with van der Waals surface area (Å²) in [6, 6.07) is 7.29. The fourth-order valence-electron chi connectivity index (χ4n) is 3.65. The molecule has 3 rings (SSSR count). The SMILES string of the molecule is Cc1ccc([C@@H](C(=O)NC2CCCCC2)N(C(=O)C(F)(F)F)c2cccc(Cl)c2)s1. The molecule has 1 aliphatic rings. The minimum Gasteiger partial charge on any atom is -0.351 e. The van der Waals surface area contributed by atoms with Crippen LogP contribution in [0.4, 0.5) is 18.9 Å². The van der Waals surface area contributed by atoms with E-state index < -0.39 is 24.0 Å². The van der Waals surface area contributed by atoms with E-state index in [4.69, 9.17) is 11.6 Å². The smallest absolute Gasteiger partial charge is 0.351 e.